The van der Waals surface area contributed by atoms with Gasteiger partial charge in [0.1, 0.15) is 5.82 Å². The molecule has 1 aliphatic rings. The largest absolute Gasteiger partial charge is 0.326 e. The fourth-order valence-electron chi connectivity index (χ4n) is 2.72. The summed E-state index contributed by atoms with van der Waals surface area (Å²) in [6, 6.07) is 12.5. The van der Waals surface area contributed by atoms with E-state index in [-0.39, 0.29) is 11.7 Å². The van der Waals surface area contributed by atoms with Crippen molar-refractivity contribution in [1.82, 2.24) is 0 Å². The molecular formula is C17H17FN2O. The van der Waals surface area contributed by atoms with Crippen LogP contribution in [-0.4, -0.2) is 5.91 Å². The van der Waals surface area contributed by atoms with Crippen LogP contribution in [0.3, 0.4) is 0 Å². The van der Waals surface area contributed by atoms with Gasteiger partial charge >= 0.3 is 0 Å². The Bertz CT molecular complexity index is 684. The molecule has 3 nitrogen and oxygen atoms in total. The van der Waals surface area contributed by atoms with Gasteiger partial charge in [0.2, 0.25) is 5.91 Å². The number of hydrogen-bond donors (Lipinski definition) is 1. The van der Waals surface area contributed by atoms with Crippen molar-refractivity contribution in [2.45, 2.75) is 25.9 Å². The van der Waals surface area contributed by atoms with Crippen LogP contribution in [0.1, 0.15) is 23.1 Å². The average Bonchev–Trinajstić information content (AvgIpc) is 2.50. The van der Waals surface area contributed by atoms with Gasteiger partial charge in [0.15, 0.2) is 0 Å². The van der Waals surface area contributed by atoms with Crippen LogP contribution in [0.25, 0.3) is 0 Å². The van der Waals surface area contributed by atoms with Crippen molar-refractivity contribution in [3.63, 3.8) is 0 Å². The third kappa shape index (κ3) is 2.81. The van der Waals surface area contributed by atoms with E-state index in [9.17, 15) is 9.18 Å². The van der Waals surface area contributed by atoms with E-state index in [1.54, 1.807) is 11.0 Å². The lowest BCUT2D eigenvalue weighted by molar-refractivity contribution is -0.119. The molecule has 0 fully saturated rings. The molecule has 2 aromatic carbocycles. The molecule has 0 saturated heterocycles. The second-order valence-corrected chi connectivity index (χ2v) is 5.28. The summed E-state index contributed by atoms with van der Waals surface area (Å²) in [5.74, 6) is -0.282. The quantitative estimate of drug-likeness (QED) is 0.942. The summed E-state index contributed by atoms with van der Waals surface area (Å²) < 4.78 is 13.5. The van der Waals surface area contributed by atoms with E-state index in [4.69, 9.17) is 5.73 Å². The zero-order valence-electron chi connectivity index (χ0n) is 11.7. The van der Waals surface area contributed by atoms with Crippen molar-refractivity contribution in [2.24, 2.45) is 5.73 Å². The number of carbonyl (C=O) groups is 1. The molecule has 108 valence electrons. The van der Waals surface area contributed by atoms with Gasteiger partial charge in [-0.15, -0.1) is 0 Å². The minimum Gasteiger partial charge on any atom is -0.326 e. The Morgan fingerprint density at radius 1 is 1.10 bits per heavy atom. The van der Waals surface area contributed by atoms with E-state index in [1.807, 2.05) is 24.3 Å². The number of amides is 1. The molecule has 21 heavy (non-hydrogen) atoms. The standard InChI is InChI=1S/C17H17FN2O/c18-15-6-4-14-5-7-17(21)20(16(14)9-15)11-13-3-1-2-12(8-13)10-19/h1-4,6,8-9H,5,7,10-11,19H2. The van der Waals surface area contributed by atoms with E-state index in [1.165, 1.54) is 12.1 Å². The highest BCUT2D eigenvalue weighted by Gasteiger charge is 2.24. The Kier molecular flexibility index (Phi) is 3.71. The van der Waals surface area contributed by atoms with Gasteiger partial charge in [-0.2, -0.15) is 0 Å². The molecule has 0 atom stereocenters. The third-order valence-corrected chi connectivity index (χ3v) is 3.82. The van der Waals surface area contributed by atoms with Gasteiger partial charge in [-0.1, -0.05) is 30.3 Å². The Hall–Kier alpha value is -2.20. The van der Waals surface area contributed by atoms with E-state index >= 15 is 0 Å². The molecule has 0 aliphatic carbocycles. The molecule has 2 aromatic rings. The predicted molar refractivity (Wildman–Crippen MR) is 80.2 cm³/mol. The van der Waals surface area contributed by atoms with Crippen LogP contribution in [-0.2, 0) is 24.3 Å². The average molecular weight is 284 g/mol. The van der Waals surface area contributed by atoms with E-state index in [2.05, 4.69) is 0 Å². The van der Waals surface area contributed by atoms with Crippen molar-refractivity contribution in [3.8, 4) is 0 Å². The first-order valence-electron chi connectivity index (χ1n) is 7.04. The number of anilines is 1. The van der Waals surface area contributed by atoms with E-state index < -0.39 is 0 Å². The van der Waals surface area contributed by atoms with Crippen molar-refractivity contribution in [2.75, 3.05) is 4.90 Å². The van der Waals surface area contributed by atoms with Crippen molar-refractivity contribution in [3.05, 3.63) is 65.0 Å². The first kappa shape index (κ1) is 13.8. The summed E-state index contributed by atoms with van der Waals surface area (Å²) in [5, 5.41) is 0. The van der Waals surface area contributed by atoms with Gasteiger partial charge in [-0.3, -0.25) is 4.79 Å². The zero-order valence-corrected chi connectivity index (χ0v) is 11.7. The molecule has 1 aliphatic heterocycles. The number of nitrogens with two attached hydrogens (primary N) is 1. The molecule has 2 N–H and O–H groups in total. The van der Waals surface area contributed by atoms with Gasteiger partial charge in [0.05, 0.1) is 12.2 Å². The van der Waals surface area contributed by atoms with Gasteiger partial charge in [-0.25, -0.2) is 4.39 Å². The lowest BCUT2D eigenvalue weighted by Gasteiger charge is -2.29. The fraction of sp³-hybridized carbons (Fsp3) is 0.235. The Balaban J connectivity index is 1.94. The lowest BCUT2D eigenvalue weighted by Crippen LogP contribution is -2.34. The van der Waals surface area contributed by atoms with Crippen molar-refractivity contribution < 1.29 is 9.18 Å². The minimum absolute atomic E-state index is 0.0336. The monoisotopic (exact) mass is 284 g/mol. The molecule has 0 aromatic heterocycles. The molecule has 0 unspecified atom stereocenters. The first-order valence-corrected chi connectivity index (χ1v) is 7.04. The van der Waals surface area contributed by atoms with Crippen LogP contribution in [0.4, 0.5) is 10.1 Å². The SMILES string of the molecule is NCc1cccc(CN2C(=O)CCc3ccc(F)cc32)c1. The number of halogens is 1. The highest BCUT2D eigenvalue weighted by Crippen LogP contribution is 2.30. The number of carbonyl (C=O) groups excluding carboxylic acids is 1. The maximum absolute atomic E-state index is 13.5. The second kappa shape index (κ2) is 5.66. The zero-order chi connectivity index (χ0) is 14.8. The van der Waals surface area contributed by atoms with Crippen molar-refractivity contribution >= 4 is 11.6 Å². The summed E-state index contributed by atoms with van der Waals surface area (Å²) in [6.07, 6.45) is 1.14. The van der Waals surface area contributed by atoms with Crippen molar-refractivity contribution in [1.29, 1.82) is 0 Å². The highest BCUT2D eigenvalue weighted by molar-refractivity contribution is 5.96. The predicted octanol–water partition coefficient (Wildman–Crippen LogP) is 2.76. The van der Waals surface area contributed by atoms with Crippen LogP contribution in [0.2, 0.25) is 0 Å². The molecule has 0 bridgehead atoms. The number of aryl methyl sites for hydroxylation is 1. The molecular weight excluding hydrogens is 267 g/mol. The first-order chi connectivity index (χ1) is 10.2. The molecule has 4 heteroatoms. The highest BCUT2D eigenvalue weighted by atomic mass is 19.1. The number of benzene rings is 2. The molecule has 0 radical (unpaired) electrons. The molecule has 0 saturated carbocycles. The maximum Gasteiger partial charge on any atom is 0.227 e. The van der Waals surface area contributed by atoms with Gasteiger partial charge in [-0.05, 0) is 35.2 Å². The second-order valence-electron chi connectivity index (χ2n) is 5.28. The molecule has 1 heterocycles. The molecule has 0 spiro atoms. The van der Waals surface area contributed by atoms with Crippen LogP contribution in [0, 0.1) is 5.82 Å². The number of fused-ring (bicyclic) bond motifs is 1. The van der Waals surface area contributed by atoms with Crippen LogP contribution in [0.5, 0.6) is 0 Å². The fourth-order valence-corrected chi connectivity index (χ4v) is 2.72. The minimum atomic E-state index is -0.316. The summed E-state index contributed by atoms with van der Waals surface area (Å²) in [7, 11) is 0. The summed E-state index contributed by atoms with van der Waals surface area (Å²) in [6.45, 7) is 0.913. The van der Waals surface area contributed by atoms with Crippen LogP contribution < -0.4 is 10.6 Å². The third-order valence-electron chi connectivity index (χ3n) is 3.82. The van der Waals surface area contributed by atoms with Crippen LogP contribution >= 0.6 is 0 Å². The maximum atomic E-state index is 13.5. The normalized spacial score (nSPS) is 14.2. The Morgan fingerprint density at radius 2 is 1.90 bits per heavy atom. The summed E-state index contributed by atoms with van der Waals surface area (Å²) in [5.41, 5.74) is 9.38. The number of hydrogen-bond acceptors (Lipinski definition) is 2. The summed E-state index contributed by atoms with van der Waals surface area (Å²) >= 11 is 0. The van der Waals surface area contributed by atoms with E-state index in [0.717, 1.165) is 16.7 Å². The van der Waals surface area contributed by atoms with Crippen LogP contribution in [0.15, 0.2) is 42.5 Å². The van der Waals surface area contributed by atoms with Gasteiger partial charge in [0.25, 0.3) is 0 Å². The summed E-state index contributed by atoms with van der Waals surface area (Å²) in [4.78, 5) is 13.9. The lowest BCUT2D eigenvalue weighted by atomic mass is 10.00. The topological polar surface area (TPSA) is 46.3 Å². The Labute approximate surface area is 123 Å². The van der Waals surface area contributed by atoms with Gasteiger partial charge in [0, 0.05) is 13.0 Å². The Morgan fingerprint density at radius 3 is 2.71 bits per heavy atom. The van der Waals surface area contributed by atoms with E-state index in [0.29, 0.717) is 31.6 Å². The number of nitrogens with zero attached hydrogens (tertiary/aromatic N) is 1. The molecule has 1 amide bonds. The number of rotatable bonds is 3. The molecule has 3 rings (SSSR count). The van der Waals surface area contributed by atoms with Gasteiger partial charge < -0.3 is 10.6 Å². The smallest absolute Gasteiger partial charge is 0.227 e.